The molecule has 1 fully saturated rings. The van der Waals surface area contributed by atoms with Crippen LogP contribution in [0.2, 0.25) is 0 Å². The highest BCUT2D eigenvalue weighted by Crippen LogP contribution is 2.53. The molecule has 1 saturated heterocycles. The largest absolute Gasteiger partial charge is 0.485 e. The molecule has 4 aromatic rings. The highest BCUT2D eigenvalue weighted by Gasteiger charge is 2.46. The van der Waals surface area contributed by atoms with Crippen LogP contribution in [0, 0.1) is 0 Å². The van der Waals surface area contributed by atoms with Gasteiger partial charge in [0, 0.05) is 22.6 Å². The predicted molar refractivity (Wildman–Crippen MR) is 150 cm³/mol. The number of fused-ring (bicyclic) bond motifs is 3. The number of ether oxygens (including phenoxy) is 1. The van der Waals surface area contributed by atoms with E-state index in [0.29, 0.717) is 17.1 Å². The van der Waals surface area contributed by atoms with E-state index < -0.39 is 5.97 Å². The number of anilines is 1. The van der Waals surface area contributed by atoms with Gasteiger partial charge in [-0.15, -0.1) is 0 Å². The molecule has 6 heteroatoms. The summed E-state index contributed by atoms with van der Waals surface area (Å²) in [4.78, 5) is 18.3. The first-order chi connectivity index (χ1) is 18.5. The van der Waals surface area contributed by atoms with Crippen molar-refractivity contribution in [2.24, 2.45) is 0 Å². The fraction of sp³-hybridized carbons (Fsp3) is 0.312. The minimum atomic E-state index is -0.858. The summed E-state index contributed by atoms with van der Waals surface area (Å²) in [6, 6.07) is 22.6. The van der Waals surface area contributed by atoms with Crippen LogP contribution in [-0.4, -0.2) is 40.6 Å². The lowest BCUT2D eigenvalue weighted by molar-refractivity contribution is -0.136. The second-order valence-electron chi connectivity index (χ2n) is 10.6. The summed E-state index contributed by atoms with van der Waals surface area (Å²) >= 11 is 0. The molecule has 1 spiro atoms. The molecule has 1 aliphatic heterocycles. The predicted octanol–water partition coefficient (Wildman–Crippen LogP) is 5.99. The van der Waals surface area contributed by atoms with Crippen molar-refractivity contribution < 1.29 is 14.6 Å². The van der Waals surface area contributed by atoms with Crippen LogP contribution in [0.1, 0.15) is 49.0 Å². The first kappa shape index (κ1) is 24.4. The zero-order chi connectivity index (χ0) is 26.3. The van der Waals surface area contributed by atoms with Gasteiger partial charge in [-0.25, -0.2) is 4.98 Å². The Morgan fingerprint density at radius 2 is 1.84 bits per heavy atom. The number of hydrogen-bond acceptors (Lipinski definition) is 5. The number of nitrogens with two attached hydrogens (primary N) is 1. The Bertz CT molecular complexity index is 1510. The number of rotatable bonds is 6. The Labute approximate surface area is 223 Å². The van der Waals surface area contributed by atoms with Crippen molar-refractivity contribution in [1.29, 1.82) is 0 Å². The minimum Gasteiger partial charge on any atom is -0.485 e. The molecule has 6 nitrogen and oxygen atoms in total. The van der Waals surface area contributed by atoms with E-state index in [1.54, 1.807) is 6.20 Å². The lowest BCUT2D eigenvalue weighted by atomic mass is 9.73. The summed E-state index contributed by atoms with van der Waals surface area (Å²) in [7, 11) is 0. The van der Waals surface area contributed by atoms with E-state index in [1.165, 1.54) is 11.1 Å². The smallest absolute Gasteiger partial charge is 0.307 e. The van der Waals surface area contributed by atoms with Crippen LogP contribution >= 0.6 is 0 Å². The van der Waals surface area contributed by atoms with E-state index in [4.69, 9.17) is 10.5 Å². The maximum Gasteiger partial charge on any atom is 0.307 e. The highest BCUT2D eigenvalue weighted by atomic mass is 16.5. The molecular formula is C32H33N3O3. The zero-order valence-corrected chi connectivity index (χ0v) is 21.7. The summed E-state index contributed by atoms with van der Waals surface area (Å²) in [6.07, 6.45) is 4.64. The Morgan fingerprint density at radius 3 is 2.63 bits per heavy atom. The maximum absolute atomic E-state index is 11.5. The summed E-state index contributed by atoms with van der Waals surface area (Å²) < 4.78 is 6.69. The van der Waals surface area contributed by atoms with Crippen molar-refractivity contribution in [3.63, 3.8) is 0 Å². The Balaban J connectivity index is 1.41. The maximum atomic E-state index is 11.5. The van der Waals surface area contributed by atoms with Crippen LogP contribution in [0.4, 0.5) is 5.82 Å². The number of nitrogens with zero attached hydrogens (tertiary/aromatic N) is 2. The average Bonchev–Trinajstić information content (AvgIpc) is 3.22. The van der Waals surface area contributed by atoms with Gasteiger partial charge in [0.2, 0.25) is 0 Å². The summed E-state index contributed by atoms with van der Waals surface area (Å²) in [5.74, 6) is 0.330. The Hall–Kier alpha value is -3.90. The third kappa shape index (κ3) is 4.39. The molecule has 3 N–H and O–H groups in total. The lowest BCUT2D eigenvalue weighted by Gasteiger charge is -2.40. The van der Waals surface area contributed by atoms with Crippen LogP contribution < -0.4 is 10.5 Å². The number of nitrogen functional groups attached to an aromatic ring is 1. The second-order valence-corrected chi connectivity index (χ2v) is 10.6. The van der Waals surface area contributed by atoms with E-state index >= 15 is 0 Å². The third-order valence-electron chi connectivity index (χ3n) is 8.52. The molecule has 6 rings (SSSR count). The van der Waals surface area contributed by atoms with Gasteiger partial charge in [-0.1, -0.05) is 49.4 Å². The molecule has 38 heavy (non-hydrogen) atoms. The molecule has 0 saturated carbocycles. The van der Waals surface area contributed by atoms with E-state index in [1.807, 2.05) is 30.3 Å². The van der Waals surface area contributed by atoms with Gasteiger partial charge in [0.1, 0.15) is 17.7 Å². The second kappa shape index (κ2) is 9.76. The van der Waals surface area contributed by atoms with Crippen molar-refractivity contribution in [2.45, 2.75) is 44.1 Å². The number of piperidine rings is 1. The van der Waals surface area contributed by atoms with Gasteiger partial charge < -0.3 is 20.5 Å². The van der Waals surface area contributed by atoms with Gasteiger partial charge >= 0.3 is 5.97 Å². The van der Waals surface area contributed by atoms with Crippen LogP contribution in [0.3, 0.4) is 0 Å². The van der Waals surface area contributed by atoms with Crippen LogP contribution in [0.25, 0.3) is 21.9 Å². The van der Waals surface area contributed by atoms with Crippen molar-refractivity contribution in [3.05, 3.63) is 89.6 Å². The van der Waals surface area contributed by atoms with Crippen molar-refractivity contribution in [3.8, 4) is 16.9 Å². The molecule has 0 bridgehead atoms. The van der Waals surface area contributed by atoms with E-state index in [9.17, 15) is 9.90 Å². The molecular weight excluding hydrogens is 474 g/mol. The van der Waals surface area contributed by atoms with Crippen LogP contribution in [0.5, 0.6) is 5.75 Å². The number of para-hydroxylation sites is 1. The lowest BCUT2D eigenvalue weighted by Crippen LogP contribution is -2.41. The van der Waals surface area contributed by atoms with Crippen molar-refractivity contribution >= 4 is 22.6 Å². The molecule has 1 aromatic heterocycles. The molecule has 2 aliphatic rings. The minimum absolute atomic E-state index is 0.0566. The fourth-order valence-electron chi connectivity index (χ4n) is 6.39. The first-order valence-corrected chi connectivity index (χ1v) is 13.4. The van der Waals surface area contributed by atoms with Gasteiger partial charge in [0.25, 0.3) is 0 Å². The summed E-state index contributed by atoms with van der Waals surface area (Å²) in [5, 5.41) is 11.5. The number of carboxylic acid groups (broad SMARTS) is 1. The van der Waals surface area contributed by atoms with Crippen LogP contribution in [-0.2, 0) is 16.6 Å². The van der Waals surface area contributed by atoms with Gasteiger partial charge in [-0.2, -0.15) is 0 Å². The number of benzene rings is 3. The molecule has 2 heterocycles. The molecule has 194 valence electrons. The molecule has 3 aromatic carbocycles. The number of hydrogen-bond donors (Lipinski definition) is 2. The molecule has 0 unspecified atom stereocenters. The SMILES string of the molecule is CCN1CCC2(CC1)C[C@@H](Oc1ccccc1CC(=O)O)c1cc(-c3ccc4ccnc(N)c4c3)ccc12. The van der Waals surface area contributed by atoms with Crippen molar-refractivity contribution in [2.75, 3.05) is 25.4 Å². The normalized spacial score (nSPS) is 18.5. The third-order valence-corrected chi connectivity index (χ3v) is 8.52. The van der Waals surface area contributed by atoms with E-state index in [2.05, 4.69) is 53.2 Å². The number of pyridine rings is 1. The zero-order valence-electron chi connectivity index (χ0n) is 21.7. The Morgan fingerprint density at radius 1 is 1.08 bits per heavy atom. The van der Waals surface area contributed by atoms with Gasteiger partial charge in [0.05, 0.1) is 6.42 Å². The number of aliphatic carboxylic acids is 1. The quantitative estimate of drug-likeness (QED) is 0.333. The number of likely N-dealkylation sites (tertiary alicyclic amines) is 1. The topological polar surface area (TPSA) is 88.7 Å². The number of carbonyl (C=O) groups is 1. The van der Waals surface area contributed by atoms with E-state index in [0.717, 1.165) is 60.8 Å². The van der Waals surface area contributed by atoms with Gasteiger partial charge in [-0.05, 0) is 90.8 Å². The van der Waals surface area contributed by atoms with E-state index in [-0.39, 0.29) is 17.9 Å². The molecule has 1 atom stereocenters. The van der Waals surface area contributed by atoms with Gasteiger partial charge in [-0.3, -0.25) is 4.79 Å². The van der Waals surface area contributed by atoms with Gasteiger partial charge in [0.15, 0.2) is 0 Å². The first-order valence-electron chi connectivity index (χ1n) is 13.4. The molecule has 0 radical (unpaired) electrons. The number of aromatic nitrogens is 1. The standard InChI is InChI=1S/C32H33N3O3/c1-2-35-15-12-32(13-16-35)20-29(38-28-6-4-3-5-24(28)19-30(36)37)26-18-23(9-10-27(26)32)22-8-7-21-11-14-34-31(33)25(21)17-22/h3-11,14,17-18,29H,2,12-13,15-16,19-20H2,1H3,(H2,33,34)(H,36,37)/t29-/m1/s1. The highest BCUT2D eigenvalue weighted by molar-refractivity contribution is 5.94. The average molecular weight is 508 g/mol. The summed E-state index contributed by atoms with van der Waals surface area (Å²) in [6.45, 7) is 5.46. The fourth-order valence-corrected chi connectivity index (χ4v) is 6.39. The van der Waals surface area contributed by atoms with Crippen molar-refractivity contribution in [1.82, 2.24) is 9.88 Å². The monoisotopic (exact) mass is 507 g/mol. The molecule has 1 aliphatic carbocycles. The summed E-state index contributed by atoms with van der Waals surface area (Å²) in [5.41, 5.74) is 11.8. The molecule has 0 amide bonds. The number of carboxylic acids is 1. The van der Waals surface area contributed by atoms with Crippen LogP contribution in [0.15, 0.2) is 72.9 Å². The Kier molecular flexibility index (Phi) is 6.28.